The Morgan fingerprint density at radius 2 is 2.28 bits per heavy atom. The van der Waals surface area contributed by atoms with Crippen LogP contribution in [0.15, 0.2) is 29.1 Å². The summed E-state index contributed by atoms with van der Waals surface area (Å²) >= 11 is 1.53. The van der Waals surface area contributed by atoms with Gasteiger partial charge >= 0.3 is 0 Å². The molecule has 0 fully saturated rings. The van der Waals surface area contributed by atoms with Crippen LogP contribution in [-0.2, 0) is 6.54 Å². The Morgan fingerprint density at radius 3 is 2.89 bits per heavy atom. The van der Waals surface area contributed by atoms with Crippen LogP contribution in [0.3, 0.4) is 0 Å². The van der Waals surface area contributed by atoms with Crippen molar-refractivity contribution in [3.8, 4) is 0 Å². The maximum absolute atomic E-state index is 12.3. The molecule has 1 aromatic carbocycles. The first kappa shape index (κ1) is 12.6. The van der Waals surface area contributed by atoms with Gasteiger partial charge in [-0.2, -0.15) is 0 Å². The van der Waals surface area contributed by atoms with Gasteiger partial charge in [0.15, 0.2) is 0 Å². The van der Waals surface area contributed by atoms with E-state index in [2.05, 4.69) is 4.98 Å². The van der Waals surface area contributed by atoms with Crippen LogP contribution in [0.5, 0.6) is 0 Å². The highest BCUT2D eigenvalue weighted by molar-refractivity contribution is 7.07. The zero-order valence-corrected chi connectivity index (χ0v) is 11.2. The molecule has 1 amide bonds. The zero-order valence-electron chi connectivity index (χ0n) is 10.4. The number of hydrogen-bond donors (Lipinski definition) is 1. The lowest BCUT2D eigenvalue weighted by Crippen LogP contribution is -2.27. The van der Waals surface area contributed by atoms with E-state index >= 15 is 0 Å². The van der Waals surface area contributed by atoms with Crippen molar-refractivity contribution in [3.63, 3.8) is 0 Å². The summed E-state index contributed by atoms with van der Waals surface area (Å²) in [5, 5.41) is 1.94. The molecule has 0 saturated carbocycles. The number of anilines is 1. The van der Waals surface area contributed by atoms with E-state index in [1.165, 1.54) is 11.3 Å². The van der Waals surface area contributed by atoms with Crippen molar-refractivity contribution in [2.45, 2.75) is 13.5 Å². The quantitative estimate of drug-likeness (QED) is 0.862. The maximum Gasteiger partial charge on any atom is 0.254 e. The van der Waals surface area contributed by atoms with E-state index in [0.29, 0.717) is 17.8 Å². The first-order valence-corrected chi connectivity index (χ1v) is 6.51. The first-order chi connectivity index (χ1) is 8.58. The summed E-state index contributed by atoms with van der Waals surface area (Å²) in [6.07, 6.45) is 0. The predicted octanol–water partition coefficient (Wildman–Crippen LogP) is 2.31. The van der Waals surface area contributed by atoms with Crippen LogP contribution in [0.25, 0.3) is 0 Å². The van der Waals surface area contributed by atoms with Crippen LogP contribution in [-0.4, -0.2) is 22.8 Å². The van der Waals surface area contributed by atoms with Gasteiger partial charge in [0.05, 0.1) is 17.7 Å². The van der Waals surface area contributed by atoms with Gasteiger partial charge in [0.1, 0.15) is 0 Å². The summed E-state index contributed by atoms with van der Waals surface area (Å²) in [7, 11) is 1.78. The van der Waals surface area contributed by atoms with Crippen LogP contribution >= 0.6 is 11.3 Å². The third kappa shape index (κ3) is 2.68. The number of rotatable bonds is 3. The molecule has 0 aliphatic heterocycles. The average Bonchev–Trinajstić information content (AvgIpc) is 2.81. The zero-order chi connectivity index (χ0) is 13.1. The summed E-state index contributed by atoms with van der Waals surface area (Å²) in [4.78, 5) is 18.1. The molecule has 0 unspecified atom stereocenters. The van der Waals surface area contributed by atoms with Gasteiger partial charge in [-0.25, -0.2) is 4.98 Å². The fraction of sp³-hybridized carbons (Fsp3) is 0.231. The Morgan fingerprint density at radius 1 is 1.50 bits per heavy atom. The van der Waals surface area contributed by atoms with Crippen LogP contribution in [0.2, 0.25) is 0 Å². The highest BCUT2D eigenvalue weighted by Crippen LogP contribution is 2.15. The lowest BCUT2D eigenvalue weighted by atomic mass is 10.1. The highest BCUT2D eigenvalue weighted by Gasteiger charge is 2.14. The third-order valence-electron chi connectivity index (χ3n) is 2.71. The molecular formula is C13H15N3OS. The lowest BCUT2D eigenvalue weighted by Gasteiger charge is -2.17. The molecule has 0 spiro atoms. The molecule has 0 atom stereocenters. The number of hydrogen-bond acceptors (Lipinski definition) is 4. The number of nitrogen functional groups attached to an aromatic ring is 1. The maximum atomic E-state index is 12.3. The molecule has 1 heterocycles. The molecule has 94 valence electrons. The van der Waals surface area contributed by atoms with Crippen molar-refractivity contribution >= 4 is 22.9 Å². The van der Waals surface area contributed by atoms with Gasteiger partial charge in [0.2, 0.25) is 0 Å². The van der Waals surface area contributed by atoms with Gasteiger partial charge < -0.3 is 10.6 Å². The fourth-order valence-electron chi connectivity index (χ4n) is 1.76. The monoisotopic (exact) mass is 261 g/mol. The second-order valence-corrected chi connectivity index (χ2v) is 4.93. The summed E-state index contributed by atoms with van der Waals surface area (Å²) in [5.41, 5.74) is 10.6. The molecule has 0 radical (unpaired) electrons. The summed E-state index contributed by atoms with van der Waals surface area (Å²) in [5.74, 6) is -0.0134. The van der Waals surface area contributed by atoms with E-state index in [4.69, 9.17) is 5.73 Å². The van der Waals surface area contributed by atoms with E-state index in [9.17, 15) is 4.79 Å². The number of carbonyl (C=O) groups is 1. The minimum atomic E-state index is -0.0134. The number of benzene rings is 1. The molecule has 0 aliphatic carbocycles. The second-order valence-electron chi connectivity index (χ2n) is 4.22. The van der Waals surface area contributed by atoms with E-state index in [0.717, 1.165) is 11.3 Å². The lowest BCUT2D eigenvalue weighted by molar-refractivity contribution is 0.0783. The smallest absolute Gasteiger partial charge is 0.254 e. The fourth-order valence-corrected chi connectivity index (χ4v) is 2.31. The molecule has 2 N–H and O–H groups in total. The van der Waals surface area contributed by atoms with Crippen LogP contribution < -0.4 is 5.73 Å². The van der Waals surface area contributed by atoms with E-state index in [1.807, 2.05) is 18.4 Å². The van der Waals surface area contributed by atoms with Gasteiger partial charge in [-0.05, 0) is 30.7 Å². The second kappa shape index (κ2) is 5.18. The van der Waals surface area contributed by atoms with Gasteiger partial charge in [-0.3, -0.25) is 4.79 Å². The Balaban J connectivity index is 2.15. The highest BCUT2D eigenvalue weighted by atomic mass is 32.1. The van der Waals surface area contributed by atoms with Crippen molar-refractivity contribution in [1.82, 2.24) is 9.88 Å². The first-order valence-electron chi connectivity index (χ1n) is 5.56. The van der Waals surface area contributed by atoms with Crippen molar-refractivity contribution in [2.75, 3.05) is 12.8 Å². The van der Waals surface area contributed by atoms with Crippen LogP contribution in [0, 0.1) is 6.92 Å². The largest absolute Gasteiger partial charge is 0.399 e. The molecule has 0 bridgehead atoms. The minimum Gasteiger partial charge on any atom is -0.399 e. The number of aromatic nitrogens is 1. The van der Waals surface area contributed by atoms with Crippen molar-refractivity contribution < 1.29 is 4.79 Å². The van der Waals surface area contributed by atoms with Gasteiger partial charge in [0, 0.05) is 23.7 Å². The average molecular weight is 261 g/mol. The number of thiazole rings is 1. The van der Waals surface area contributed by atoms with Gasteiger partial charge in [0.25, 0.3) is 5.91 Å². The van der Waals surface area contributed by atoms with Crippen molar-refractivity contribution in [2.24, 2.45) is 0 Å². The van der Waals surface area contributed by atoms with Crippen molar-refractivity contribution in [3.05, 3.63) is 45.9 Å². The molecule has 0 aliphatic rings. The Bertz CT molecular complexity index is 551. The molecule has 4 nitrogen and oxygen atoms in total. The molecular weight excluding hydrogens is 246 g/mol. The number of nitrogens with two attached hydrogens (primary N) is 1. The summed E-state index contributed by atoms with van der Waals surface area (Å²) in [6, 6.07) is 5.32. The van der Waals surface area contributed by atoms with E-state index < -0.39 is 0 Å². The number of nitrogens with zero attached hydrogens (tertiary/aromatic N) is 2. The molecule has 5 heteroatoms. The topological polar surface area (TPSA) is 59.2 Å². The Hall–Kier alpha value is -1.88. The molecule has 0 saturated heterocycles. The minimum absolute atomic E-state index is 0.0134. The normalized spacial score (nSPS) is 10.3. The van der Waals surface area contributed by atoms with Gasteiger partial charge in [-0.15, -0.1) is 11.3 Å². The molecule has 2 rings (SSSR count). The van der Waals surface area contributed by atoms with E-state index in [-0.39, 0.29) is 5.91 Å². The summed E-state index contributed by atoms with van der Waals surface area (Å²) in [6.45, 7) is 2.41. The SMILES string of the molecule is Cc1cc(N)ccc1C(=O)N(C)Cc1cscn1. The third-order valence-corrected chi connectivity index (χ3v) is 3.35. The predicted molar refractivity (Wildman–Crippen MR) is 73.5 cm³/mol. The summed E-state index contributed by atoms with van der Waals surface area (Å²) < 4.78 is 0. The Labute approximate surface area is 110 Å². The van der Waals surface area contributed by atoms with Crippen LogP contribution in [0.4, 0.5) is 5.69 Å². The molecule has 1 aromatic heterocycles. The van der Waals surface area contributed by atoms with Gasteiger partial charge in [-0.1, -0.05) is 0 Å². The standard InChI is InChI=1S/C13H15N3OS/c1-9-5-10(14)3-4-12(9)13(17)16(2)6-11-7-18-8-15-11/h3-5,7-8H,6,14H2,1-2H3. The molecule has 2 aromatic rings. The van der Waals surface area contributed by atoms with Crippen molar-refractivity contribution in [1.29, 1.82) is 0 Å². The number of amides is 1. The van der Waals surface area contributed by atoms with Crippen LogP contribution in [0.1, 0.15) is 21.6 Å². The Kier molecular flexibility index (Phi) is 3.62. The van der Waals surface area contributed by atoms with E-state index in [1.54, 1.807) is 29.6 Å². The molecule has 18 heavy (non-hydrogen) atoms. The number of carbonyl (C=O) groups excluding carboxylic acids is 1. The number of aryl methyl sites for hydroxylation is 1.